The average molecular weight is 207 g/mol. The third-order valence-electron chi connectivity index (χ3n) is 1.68. The van der Waals surface area contributed by atoms with Gasteiger partial charge in [-0.15, -0.1) is 0 Å². The summed E-state index contributed by atoms with van der Waals surface area (Å²) in [5.41, 5.74) is -1.34. The van der Waals surface area contributed by atoms with Crippen molar-refractivity contribution in [1.82, 2.24) is 0 Å². The standard InChI is InChI=1S/C9H7F4O/c1-5(14)6-2-3-7(8(10)4-6)9(11,12)13/h2-5,14H,1H2/t5-/m1/s1. The Labute approximate surface area is 78.0 Å². The van der Waals surface area contributed by atoms with Crippen LogP contribution in [0, 0.1) is 12.7 Å². The molecule has 1 atom stereocenters. The molecule has 0 saturated heterocycles. The molecule has 0 bridgehead atoms. The van der Waals surface area contributed by atoms with Crippen molar-refractivity contribution in [3.8, 4) is 0 Å². The summed E-state index contributed by atoms with van der Waals surface area (Å²) in [6, 6.07) is 2.20. The fourth-order valence-electron chi connectivity index (χ4n) is 0.969. The maximum absolute atomic E-state index is 12.8. The molecule has 1 nitrogen and oxygen atoms in total. The van der Waals surface area contributed by atoms with Gasteiger partial charge in [0, 0.05) is 0 Å². The Hall–Kier alpha value is -1.10. The van der Waals surface area contributed by atoms with E-state index in [9.17, 15) is 17.6 Å². The van der Waals surface area contributed by atoms with E-state index in [4.69, 9.17) is 5.11 Å². The first kappa shape index (κ1) is 11.0. The Morgan fingerprint density at radius 2 is 1.86 bits per heavy atom. The lowest BCUT2D eigenvalue weighted by molar-refractivity contribution is -0.140. The van der Waals surface area contributed by atoms with Crippen LogP contribution in [0.1, 0.15) is 17.2 Å². The molecule has 0 unspecified atom stereocenters. The Bertz CT molecular complexity index is 330. The zero-order chi connectivity index (χ0) is 10.9. The van der Waals surface area contributed by atoms with Gasteiger partial charge in [-0.3, -0.25) is 0 Å². The van der Waals surface area contributed by atoms with Crippen LogP contribution in [0.25, 0.3) is 0 Å². The van der Waals surface area contributed by atoms with Crippen LogP contribution in [0.3, 0.4) is 0 Å². The van der Waals surface area contributed by atoms with Crippen LogP contribution in [0.5, 0.6) is 0 Å². The largest absolute Gasteiger partial charge is 0.419 e. The number of rotatable bonds is 1. The molecule has 0 amide bonds. The number of benzene rings is 1. The van der Waals surface area contributed by atoms with Crippen molar-refractivity contribution in [3.05, 3.63) is 42.1 Å². The minimum absolute atomic E-state index is 0.00972. The molecular weight excluding hydrogens is 200 g/mol. The molecular formula is C9H7F4O. The smallest absolute Gasteiger partial charge is 0.388 e. The highest BCUT2D eigenvalue weighted by molar-refractivity contribution is 5.28. The van der Waals surface area contributed by atoms with Crippen molar-refractivity contribution in [2.75, 3.05) is 0 Å². The van der Waals surface area contributed by atoms with Gasteiger partial charge in [0.1, 0.15) is 5.82 Å². The van der Waals surface area contributed by atoms with Crippen molar-refractivity contribution in [1.29, 1.82) is 0 Å². The van der Waals surface area contributed by atoms with E-state index in [-0.39, 0.29) is 5.56 Å². The topological polar surface area (TPSA) is 20.2 Å². The van der Waals surface area contributed by atoms with Gasteiger partial charge in [-0.25, -0.2) is 4.39 Å². The number of aliphatic hydroxyl groups excluding tert-OH is 1. The van der Waals surface area contributed by atoms with Crippen molar-refractivity contribution in [2.24, 2.45) is 0 Å². The van der Waals surface area contributed by atoms with Crippen LogP contribution in [-0.2, 0) is 6.18 Å². The van der Waals surface area contributed by atoms with Gasteiger partial charge in [0.25, 0.3) is 0 Å². The minimum Gasteiger partial charge on any atom is -0.388 e. The van der Waals surface area contributed by atoms with E-state index in [0.29, 0.717) is 12.1 Å². The summed E-state index contributed by atoms with van der Waals surface area (Å²) < 4.78 is 49.0. The van der Waals surface area contributed by atoms with Gasteiger partial charge in [-0.2, -0.15) is 13.2 Å². The Balaban J connectivity index is 3.15. The van der Waals surface area contributed by atoms with Crippen LogP contribution in [-0.4, -0.2) is 5.11 Å². The second-order valence-corrected chi connectivity index (χ2v) is 2.75. The van der Waals surface area contributed by atoms with E-state index in [1.165, 1.54) is 0 Å². The molecule has 0 aliphatic carbocycles. The fourth-order valence-corrected chi connectivity index (χ4v) is 0.969. The first-order valence-corrected chi connectivity index (χ1v) is 3.70. The quantitative estimate of drug-likeness (QED) is 0.702. The molecule has 1 aromatic carbocycles. The highest BCUT2D eigenvalue weighted by Crippen LogP contribution is 2.32. The maximum atomic E-state index is 12.8. The molecule has 77 valence electrons. The molecule has 0 fully saturated rings. The van der Waals surface area contributed by atoms with Gasteiger partial charge in [0.15, 0.2) is 0 Å². The molecule has 0 aliphatic heterocycles. The van der Waals surface area contributed by atoms with Gasteiger partial charge in [0.05, 0.1) is 11.7 Å². The van der Waals surface area contributed by atoms with Crippen molar-refractivity contribution >= 4 is 0 Å². The van der Waals surface area contributed by atoms with E-state index in [0.717, 1.165) is 6.07 Å². The molecule has 0 aromatic heterocycles. The molecule has 1 aromatic rings. The normalized spacial score (nSPS) is 14.1. The molecule has 1 radical (unpaired) electrons. The van der Waals surface area contributed by atoms with Crippen molar-refractivity contribution in [2.45, 2.75) is 12.3 Å². The van der Waals surface area contributed by atoms with E-state index in [1.807, 2.05) is 0 Å². The number of aliphatic hydroxyl groups is 1. The second-order valence-electron chi connectivity index (χ2n) is 2.75. The summed E-state index contributed by atoms with van der Waals surface area (Å²) in [6.45, 7) is 3.15. The summed E-state index contributed by atoms with van der Waals surface area (Å²) in [4.78, 5) is 0. The van der Waals surface area contributed by atoms with E-state index in [1.54, 1.807) is 0 Å². The first-order valence-electron chi connectivity index (χ1n) is 3.70. The van der Waals surface area contributed by atoms with Crippen molar-refractivity contribution < 1.29 is 22.7 Å². The van der Waals surface area contributed by atoms with Crippen LogP contribution in [0.4, 0.5) is 17.6 Å². The summed E-state index contributed by atoms with van der Waals surface area (Å²) in [7, 11) is 0. The predicted octanol–water partition coefficient (Wildman–Crippen LogP) is 2.71. The van der Waals surface area contributed by atoms with Crippen molar-refractivity contribution in [3.63, 3.8) is 0 Å². The lowest BCUT2D eigenvalue weighted by atomic mass is 10.1. The monoisotopic (exact) mass is 207 g/mol. The highest BCUT2D eigenvalue weighted by atomic mass is 19.4. The molecule has 0 spiro atoms. The summed E-state index contributed by atoms with van der Waals surface area (Å²) in [5, 5.41) is 8.88. The van der Waals surface area contributed by atoms with Crippen LogP contribution in [0.2, 0.25) is 0 Å². The Morgan fingerprint density at radius 3 is 2.21 bits per heavy atom. The molecule has 1 rings (SSSR count). The molecule has 5 heteroatoms. The second kappa shape index (κ2) is 3.57. The molecule has 0 saturated carbocycles. The number of hydrogen-bond donors (Lipinski definition) is 1. The average Bonchev–Trinajstić information content (AvgIpc) is 2.01. The SMILES string of the molecule is [CH2][C@@H](O)c1ccc(C(F)(F)F)c(F)c1. The minimum atomic E-state index is -4.71. The number of halogens is 4. The summed E-state index contributed by atoms with van der Waals surface area (Å²) in [6.07, 6.45) is -5.94. The van der Waals surface area contributed by atoms with Crippen LogP contribution in [0.15, 0.2) is 18.2 Å². The fraction of sp³-hybridized carbons (Fsp3) is 0.222. The third-order valence-corrected chi connectivity index (χ3v) is 1.68. The number of hydrogen-bond acceptors (Lipinski definition) is 1. The van der Waals surface area contributed by atoms with Gasteiger partial charge >= 0.3 is 6.18 Å². The zero-order valence-corrected chi connectivity index (χ0v) is 6.98. The zero-order valence-electron chi connectivity index (χ0n) is 6.98. The lowest BCUT2D eigenvalue weighted by Crippen LogP contribution is -2.08. The summed E-state index contributed by atoms with van der Waals surface area (Å²) in [5.74, 6) is -1.40. The summed E-state index contributed by atoms with van der Waals surface area (Å²) >= 11 is 0. The van der Waals surface area contributed by atoms with Crippen LogP contribution >= 0.6 is 0 Å². The molecule has 1 N–H and O–H groups in total. The number of alkyl halides is 3. The van der Waals surface area contributed by atoms with E-state index >= 15 is 0 Å². The Kier molecular flexibility index (Phi) is 2.80. The highest BCUT2D eigenvalue weighted by Gasteiger charge is 2.33. The maximum Gasteiger partial charge on any atom is 0.419 e. The predicted molar refractivity (Wildman–Crippen MR) is 41.7 cm³/mol. The van der Waals surface area contributed by atoms with Gasteiger partial charge in [-0.1, -0.05) is 6.07 Å². The third kappa shape index (κ3) is 2.23. The molecule has 0 heterocycles. The molecule has 0 aliphatic rings. The molecule has 14 heavy (non-hydrogen) atoms. The van der Waals surface area contributed by atoms with Gasteiger partial charge in [-0.05, 0) is 24.6 Å². The van der Waals surface area contributed by atoms with Gasteiger partial charge < -0.3 is 5.11 Å². The van der Waals surface area contributed by atoms with Crippen LogP contribution < -0.4 is 0 Å². The van der Waals surface area contributed by atoms with Gasteiger partial charge in [0.2, 0.25) is 0 Å². The Morgan fingerprint density at radius 1 is 1.29 bits per heavy atom. The lowest BCUT2D eigenvalue weighted by Gasteiger charge is -2.10. The first-order chi connectivity index (χ1) is 6.32. The van der Waals surface area contributed by atoms with E-state index < -0.39 is 23.7 Å². The van der Waals surface area contributed by atoms with E-state index in [2.05, 4.69) is 6.92 Å².